The molecule has 0 aliphatic rings. The minimum Gasteiger partial charge on any atom is -0.481 e. The Morgan fingerprint density at radius 2 is 1.15 bits per heavy atom. The predicted octanol–water partition coefficient (Wildman–Crippen LogP) is 0.203. The second-order valence-corrected chi connectivity index (χ2v) is 7.83. The Morgan fingerprint density at radius 3 is 1.35 bits per heavy atom. The standard InChI is InChI=1S/C8H22N2O3Si.3C2H4O2/c1-11-14(12-2,13-3)6-4-5-8(10)7-9;3*1-2(3)4/h8H,4-7,9-10H2,1-3H3;3*1H3,(H,3,4). The van der Waals surface area contributed by atoms with E-state index in [0.29, 0.717) is 6.54 Å². The van der Waals surface area contributed by atoms with Crippen LogP contribution in [0.5, 0.6) is 0 Å². The number of carboxylic acids is 3. The minimum atomic E-state index is -2.39. The first-order valence-corrected chi connectivity index (χ1v) is 9.46. The Bertz CT molecular complexity index is 318. The number of hydrogen-bond acceptors (Lipinski definition) is 8. The van der Waals surface area contributed by atoms with Gasteiger partial charge in [0.25, 0.3) is 17.9 Å². The van der Waals surface area contributed by atoms with E-state index in [-0.39, 0.29) is 6.04 Å². The largest absolute Gasteiger partial charge is 0.500 e. The van der Waals surface area contributed by atoms with Crippen molar-refractivity contribution in [2.24, 2.45) is 11.5 Å². The Hall–Kier alpha value is -1.57. The van der Waals surface area contributed by atoms with E-state index in [1.54, 1.807) is 21.3 Å². The molecule has 0 saturated heterocycles. The van der Waals surface area contributed by atoms with Crippen molar-refractivity contribution in [1.29, 1.82) is 0 Å². The van der Waals surface area contributed by atoms with Gasteiger partial charge >= 0.3 is 8.80 Å². The van der Waals surface area contributed by atoms with Gasteiger partial charge in [0.05, 0.1) is 0 Å². The normalized spacial score (nSPS) is 10.6. The predicted molar refractivity (Wildman–Crippen MR) is 97.8 cm³/mol. The number of carbonyl (C=O) groups is 3. The highest BCUT2D eigenvalue weighted by molar-refractivity contribution is 6.60. The van der Waals surface area contributed by atoms with Gasteiger partial charge in [-0.1, -0.05) is 0 Å². The molecule has 158 valence electrons. The molecule has 0 heterocycles. The fourth-order valence-corrected chi connectivity index (χ4v) is 3.00. The van der Waals surface area contributed by atoms with Crippen LogP contribution >= 0.6 is 0 Å². The molecular formula is C14H34N2O9Si. The van der Waals surface area contributed by atoms with Crippen LogP contribution in [0, 0.1) is 0 Å². The topological polar surface area (TPSA) is 192 Å². The lowest BCUT2D eigenvalue weighted by Gasteiger charge is -2.24. The molecule has 0 bridgehead atoms. The van der Waals surface area contributed by atoms with Crippen LogP contribution in [0.15, 0.2) is 0 Å². The molecule has 1 unspecified atom stereocenters. The molecule has 0 aliphatic heterocycles. The maximum Gasteiger partial charge on any atom is 0.500 e. The van der Waals surface area contributed by atoms with Gasteiger partial charge in [0.1, 0.15) is 0 Å². The molecule has 0 aliphatic carbocycles. The number of rotatable bonds is 8. The first-order chi connectivity index (χ1) is 11.8. The smallest absolute Gasteiger partial charge is 0.481 e. The molecule has 0 aromatic rings. The maximum atomic E-state index is 9.00. The Morgan fingerprint density at radius 1 is 0.885 bits per heavy atom. The molecule has 0 aromatic heterocycles. The van der Waals surface area contributed by atoms with Crippen molar-refractivity contribution in [3.05, 3.63) is 0 Å². The van der Waals surface area contributed by atoms with Gasteiger partial charge in [-0.15, -0.1) is 0 Å². The average molecular weight is 403 g/mol. The lowest BCUT2D eigenvalue weighted by molar-refractivity contribution is -0.135. The van der Waals surface area contributed by atoms with Gasteiger partial charge < -0.3 is 40.1 Å². The van der Waals surface area contributed by atoms with Crippen molar-refractivity contribution in [2.45, 2.75) is 45.7 Å². The fourth-order valence-electron chi connectivity index (χ4n) is 1.25. The number of aliphatic carboxylic acids is 3. The Kier molecular flexibility index (Phi) is 26.5. The molecule has 0 amide bonds. The van der Waals surface area contributed by atoms with E-state index in [0.717, 1.165) is 39.7 Å². The lowest BCUT2D eigenvalue weighted by atomic mass is 10.2. The zero-order valence-electron chi connectivity index (χ0n) is 16.4. The second-order valence-electron chi connectivity index (χ2n) is 4.74. The van der Waals surface area contributed by atoms with Gasteiger partial charge in [0, 0.05) is 60.7 Å². The van der Waals surface area contributed by atoms with Gasteiger partial charge in [0.2, 0.25) is 0 Å². The molecule has 7 N–H and O–H groups in total. The van der Waals surface area contributed by atoms with Crippen LogP contribution in [0.3, 0.4) is 0 Å². The van der Waals surface area contributed by atoms with Crippen LogP contribution < -0.4 is 11.5 Å². The monoisotopic (exact) mass is 402 g/mol. The van der Waals surface area contributed by atoms with Crippen molar-refractivity contribution in [2.75, 3.05) is 27.9 Å². The molecule has 0 rings (SSSR count). The third-order valence-corrected chi connectivity index (χ3v) is 5.13. The summed E-state index contributed by atoms with van der Waals surface area (Å²) in [6.45, 7) is 3.77. The summed E-state index contributed by atoms with van der Waals surface area (Å²) in [6, 6.07) is 0.844. The van der Waals surface area contributed by atoms with Crippen LogP contribution in [-0.4, -0.2) is 75.9 Å². The molecule has 0 radical (unpaired) electrons. The highest BCUT2D eigenvalue weighted by atomic mass is 28.4. The Labute approximate surface area is 155 Å². The van der Waals surface area contributed by atoms with E-state index in [2.05, 4.69) is 0 Å². The zero-order chi connectivity index (χ0) is 21.8. The van der Waals surface area contributed by atoms with E-state index in [4.69, 9.17) is 54.4 Å². The summed E-state index contributed by atoms with van der Waals surface area (Å²) >= 11 is 0. The molecule has 0 fully saturated rings. The van der Waals surface area contributed by atoms with E-state index in [9.17, 15) is 0 Å². The van der Waals surface area contributed by atoms with Gasteiger partial charge in [-0.2, -0.15) is 0 Å². The molecule has 0 spiro atoms. The summed E-state index contributed by atoms with van der Waals surface area (Å²) in [5.41, 5.74) is 11.1. The summed E-state index contributed by atoms with van der Waals surface area (Å²) < 4.78 is 15.8. The van der Waals surface area contributed by atoms with Crippen LogP contribution in [0.4, 0.5) is 0 Å². The van der Waals surface area contributed by atoms with Crippen molar-refractivity contribution < 1.29 is 43.0 Å². The average Bonchev–Trinajstić information content (AvgIpc) is 2.50. The van der Waals surface area contributed by atoms with Gasteiger partial charge in [-0.25, -0.2) is 0 Å². The van der Waals surface area contributed by atoms with Crippen LogP contribution in [-0.2, 0) is 27.7 Å². The molecule has 0 saturated carbocycles. The van der Waals surface area contributed by atoms with Crippen LogP contribution in [0.2, 0.25) is 6.04 Å². The molecule has 12 heteroatoms. The van der Waals surface area contributed by atoms with Crippen LogP contribution in [0.1, 0.15) is 33.6 Å². The first-order valence-electron chi connectivity index (χ1n) is 7.53. The van der Waals surface area contributed by atoms with Crippen molar-refractivity contribution in [1.82, 2.24) is 0 Å². The second kappa shape index (κ2) is 21.5. The van der Waals surface area contributed by atoms with Gasteiger partial charge in [-0.3, -0.25) is 14.4 Å². The fraction of sp³-hybridized carbons (Fsp3) is 0.786. The van der Waals surface area contributed by atoms with E-state index in [1.165, 1.54) is 0 Å². The number of hydrogen-bond donors (Lipinski definition) is 5. The highest BCUT2D eigenvalue weighted by Gasteiger charge is 2.36. The summed E-state index contributed by atoms with van der Waals surface area (Å²) in [5, 5.41) is 22.2. The Balaban J connectivity index is -0.000000164. The maximum absolute atomic E-state index is 9.00. The van der Waals surface area contributed by atoms with Gasteiger partial charge in [0.15, 0.2) is 0 Å². The third kappa shape index (κ3) is 38.2. The van der Waals surface area contributed by atoms with Crippen molar-refractivity contribution >= 4 is 26.7 Å². The SMILES string of the molecule is CC(=O)O.CC(=O)O.CC(=O)O.CO[Si](CCCC(N)CN)(OC)OC. The van der Waals surface area contributed by atoms with Crippen LogP contribution in [0.25, 0.3) is 0 Å². The quantitative estimate of drug-likeness (QED) is 0.348. The molecular weight excluding hydrogens is 368 g/mol. The molecule has 0 aromatic carbocycles. The van der Waals surface area contributed by atoms with E-state index >= 15 is 0 Å². The lowest BCUT2D eigenvalue weighted by Crippen LogP contribution is -2.43. The molecule has 26 heavy (non-hydrogen) atoms. The van der Waals surface area contributed by atoms with Crippen molar-refractivity contribution in [3.63, 3.8) is 0 Å². The summed E-state index contributed by atoms with van der Waals surface area (Å²) in [4.78, 5) is 27.0. The molecule has 11 nitrogen and oxygen atoms in total. The number of nitrogens with two attached hydrogens (primary N) is 2. The van der Waals surface area contributed by atoms with E-state index < -0.39 is 26.7 Å². The number of carboxylic acid groups (broad SMARTS) is 3. The third-order valence-electron chi connectivity index (χ3n) is 2.29. The first kappa shape index (κ1) is 32.1. The summed E-state index contributed by atoms with van der Waals surface area (Å²) in [5.74, 6) is -2.50. The summed E-state index contributed by atoms with van der Waals surface area (Å²) in [7, 11) is 2.45. The van der Waals surface area contributed by atoms with Crippen molar-refractivity contribution in [3.8, 4) is 0 Å². The highest BCUT2D eigenvalue weighted by Crippen LogP contribution is 2.16. The van der Waals surface area contributed by atoms with E-state index in [1.807, 2.05) is 0 Å². The minimum absolute atomic E-state index is 0.0623. The zero-order valence-corrected chi connectivity index (χ0v) is 17.4. The summed E-state index contributed by atoms with van der Waals surface area (Å²) in [6.07, 6.45) is 1.79. The molecule has 1 atom stereocenters. The van der Waals surface area contributed by atoms with Gasteiger partial charge in [-0.05, 0) is 12.8 Å².